The topological polar surface area (TPSA) is 52.5 Å². The molecular weight excluding hydrogens is 262 g/mol. The van der Waals surface area contributed by atoms with Crippen LogP contribution in [-0.4, -0.2) is 28.9 Å². The Bertz CT molecular complexity index is 453. The predicted molar refractivity (Wildman–Crippen MR) is 86.1 cm³/mol. The number of hydrogen-bond acceptors (Lipinski definition) is 3. The summed E-state index contributed by atoms with van der Waals surface area (Å²) in [5, 5.41) is 23.4. The highest BCUT2D eigenvalue weighted by atomic mass is 16.3. The van der Waals surface area contributed by atoms with Crippen LogP contribution in [0.4, 0.5) is 0 Å². The van der Waals surface area contributed by atoms with Crippen LogP contribution in [0.5, 0.6) is 0 Å². The zero-order chi connectivity index (χ0) is 15.6. The van der Waals surface area contributed by atoms with Crippen LogP contribution in [0.15, 0.2) is 24.3 Å². The van der Waals surface area contributed by atoms with E-state index in [2.05, 4.69) is 45.1 Å². The van der Waals surface area contributed by atoms with E-state index in [1.54, 1.807) is 0 Å². The molecule has 0 spiro atoms. The first-order valence-corrected chi connectivity index (χ1v) is 7.99. The van der Waals surface area contributed by atoms with E-state index in [1.165, 1.54) is 5.56 Å². The van der Waals surface area contributed by atoms with Crippen LogP contribution in [0.25, 0.3) is 0 Å². The number of aliphatic hydroxyl groups is 2. The van der Waals surface area contributed by atoms with Gasteiger partial charge in [-0.2, -0.15) is 0 Å². The lowest BCUT2D eigenvalue weighted by Gasteiger charge is -2.50. The highest BCUT2D eigenvalue weighted by Crippen LogP contribution is 2.40. The molecule has 3 N–H and O–H groups in total. The van der Waals surface area contributed by atoms with E-state index in [4.69, 9.17) is 0 Å². The average Bonchev–Trinajstić information content (AvgIpc) is 2.43. The molecule has 1 aliphatic rings. The minimum Gasteiger partial charge on any atom is -0.392 e. The SMILES string of the molecule is CC(C)Cc1ccc(C(O)CNC2CC(O)C2(C)C)cc1. The van der Waals surface area contributed by atoms with Crippen molar-refractivity contribution >= 4 is 0 Å². The van der Waals surface area contributed by atoms with Gasteiger partial charge in [0.25, 0.3) is 0 Å². The minimum atomic E-state index is -0.494. The van der Waals surface area contributed by atoms with Gasteiger partial charge < -0.3 is 15.5 Å². The highest BCUT2D eigenvalue weighted by molar-refractivity contribution is 5.24. The fraction of sp³-hybridized carbons (Fsp3) is 0.667. The van der Waals surface area contributed by atoms with E-state index in [0.29, 0.717) is 12.5 Å². The Morgan fingerprint density at radius 1 is 1.24 bits per heavy atom. The first kappa shape index (κ1) is 16.5. The predicted octanol–water partition coefficient (Wildman–Crippen LogP) is 2.67. The van der Waals surface area contributed by atoms with Gasteiger partial charge in [-0.05, 0) is 29.9 Å². The van der Waals surface area contributed by atoms with Gasteiger partial charge in [-0.15, -0.1) is 0 Å². The second-order valence-corrected chi connectivity index (χ2v) is 7.39. The van der Waals surface area contributed by atoms with Crippen molar-refractivity contribution in [2.45, 2.75) is 58.8 Å². The van der Waals surface area contributed by atoms with Crippen LogP contribution in [0.2, 0.25) is 0 Å². The van der Waals surface area contributed by atoms with Gasteiger partial charge in [0.1, 0.15) is 0 Å². The number of aliphatic hydroxyl groups excluding tert-OH is 2. The smallest absolute Gasteiger partial charge is 0.0914 e. The molecule has 0 bridgehead atoms. The molecule has 0 aliphatic heterocycles. The lowest BCUT2D eigenvalue weighted by atomic mass is 9.64. The van der Waals surface area contributed by atoms with E-state index in [1.807, 2.05) is 12.1 Å². The summed E-state index contributed by atoms with van der Waals surface area (Å²) < 4.78 is 0. The normalized spacial score (nSPS) is 25.7. The van der Waals surface area contributed by atoms with Gasteiger partial charge in [-0.1, -0.05) is 52.0 Å². The molecule has 21 heavy (non-hydrogen) atoms. The third kappa shape index (κ3) is 3.85. The summed E-state index contributed by atoms with van der Waals surface area (Å²) in [5.41, 5.74) is 2.17. The molecule has 2 rings (SSSR count). The van der Waals surface area contributed by atoms with Gasteiger partial charge in [0.2, 0.25) is 0 Å². The van der Waals surface area contributed by atoms with Gasteiger partial charge >= 0.3 is 0 Å². The molecule has 1 saturated carbocycles. The third-order valence-electron chi connectivity index (χ3n) is 4.78. The summed E-state index contributed by atoms with van der Waals surface area (Å²) in [7, 11) is 0. The van der Waals surface area contributed by atoms with Crippen LogP contribution in [-0.2, 0) is 6.42 Å². The monoisotopic (exact) mass is 291 g/mol. The molecule has 3 unspecified atom stereocenters. The standard InChI is InChI=1S/C18H29NO2/c1-12(2)9-13-5-7-14(8-6-13)15(20)11-19-16-10-17(21)18(16,3)4/h5-8,12,15-17,19-21H,9-11H2,1-4H3. The van der Waals surface area contributed by atoms with Crippen molar-refractivity contribution in [3.8, 4) is 0 Å². The Kier molecular flexibility index (Phi) is 5.07. The van der Waals surface area contributed by atoms with E-state index in [-0.39, 0.29) is 17.6 Å². The third-order valence-corrected chi connectivity index (χ3v) is 4.78. The summed E-state index contributed by atoms with van der Waals surface area (Å²) >= 11 is 0. The molecule has 1 aromatic rings. The Balaban J connectivity index is 1.85. The largest absolute Gasteiger partial charge is 0.392 e. The molecule has 0 amide bonds. The van der Waals surface area contributed by atoms with Crippen molar-refractivity contribution in [2.75, 3.05) is 6.54 Å². The Morgan fingerprint density at radius 3 is 2.33 bits per heavy atom. The lowest BCUT2D eigenvalue weighted by molar-refractivity contribution is -0.0749. The summed E-state index contributed by atoms with van der Waals surface area (Å²) in [6.45, 7) is 9.07. The zero-order valence-corrected chi connectivity index (χ0v) is 13.6. The Labute approximate surface area is 128 Å². The molecule has 0 radical (unpaired) electrons. The lowest BCUT2D eigenvalue weighted by Crippen LogP contribution is -2.60. The fourth-order valence-corrected chi connectivity index (χ4v) is 2.97. The maximum absolute atomic E-state index is 10.3. The zero-order valence-electron chi connectivity index (χ0n) is 13.6. The van der Waals surface area contributed by atoms with Gasteiger partial charge in [0, 0.05) is 18.0 Å². The summed E-state index contributed by atoms with van der Waals surface area (Å²) in [5.74, 6) is 0.648. The van der Waals surface area contributed by atoms with Gasteiger partial charge in [-0.25, -0.2) is 0 Å². The molecule has 3 nitrogen and oxygen atoms in total. The van der Waals surface area contributed by atoms with E-state index in [9.17, 15) is 10.2 Å². The maximum atomic E-state index is 10.3. The summed E-state index contributed by atoms with van der Waals surface area (Å²) in [4.78, 5) is 0. The quantitative estimate of drug-likeness (QED) is 0.755. The van der Waals surface area contributed by atoms with Gasteiger partial charge in [0.05, 0.1) is 12.2 Å². The van der Waals surface area contributed by atoms with Crippen molar-refractivity contribution in [1.29, 1.82) is 0 Å². The molecule has 0 saturated heterocycles. The van der Waals surface area contributed by atoms with Crippen molar-refractivity contribution in [3.05, 3.63) is 35.4 Å². The maximum Gasteiger partial charge on any atom is 0.0914 e. The van der Waals surface area contributed by atoms with Crippen molar-refractivity contribution < 1.29 is 10.2 Å². The number of hydrogen-bond donors (Lipinski definition) is 3. The van der Waals surface area contributed by atoms with Crippen molar-refractivity contribution in [3.63, 3.8) is 0 Å². The highest BCUT2D eigenvalue weighted by Gasteiger charge is 2.46. The molecule has 1 fully saturated rings. The first-order chi connectivity index (χ1) is 9.80. The van der Waals surface area contributed by atoms with E-state index < -0.39 is 6.10 Å². The number of nitrogens with one attached hydrogen (secondary N) is 1. The second kappa shape index (κ2) is 6.47. The number of rotatable bonds is 6. The number of benzene rings is 1. The van der Waals surface area contributed by atoms with Crippen molar-refractivity contribution in [2.24, 2.45) is 11.3 Å². The average molecular weight is 291 g/mol. The van der Waals surface area contributed by atoms with Crippen LogP contribution in [0.3, 0.4) is 0 Å². The molecule has 1 aliphatic carbocycles. The van der Waals surface area contributed by atoms with Crippen LogP contribution < -0.4 is 5.32 Å². The fourth-order valence-electron chi connectivity index (χ4n) is 2.97. The molecule has 118 valence electrons. The Morgan fingerprint density at radius 2 is 1.86 bits per heavy atom. The van der Waals surface area contributed by atoms with Gasteiger partial charge in [-0.3, -0.25) is 0 Å². The van der Waals surface area contributed by atoms with Crippen LogP contribution in [0.1, 0.15) is 51.3 Å². The van der Waals surface area contributed by atoms with E-state index in [0.717, 1.165) is 18.4 Å². The molecular formula is C18H29NO2. The first-order valence-electron chi connectivity index (χ1n) is 7.99. The molecule has 3 atom stereocenters. The van der Waals surface area contributed by atoms with Gasteiger partial charge in [0.15, 0.2) is 0 Å². The summed E-state index contributed by atoms with van der Waals surface area (Å²) in [6.07, 6.45) is 1.12. The molecule has 0 aromatic heterocycles. The molecule has 3 heteroatoms. The van der Waals surface area contributed by atoms with Crippen LogP contribution >= 0.6 is 0 Å². The second-order valence-electron chi connectivity index (χ2n) is 7.39. The van der Waals surface area contributed by atoms with E-state index >= 15 is 0 Å². The summed E-state index contributed by atoms with van der Waals surface area (Å²) in [6, 6.07) is 8.53. The molecule has 1 aromatic carbocycles. The van der Waals surface area contributed by atoms with Crippen LogP contribution in [0, 0.1) is 11.3 Å². The molecule has 0 heterocycles. The van der Waals surface area contributed by atoms with Crippen molar-refractivity contribution in [1.82, 2.24) is 5.32 Å². The Hall–Kier alpha value is -0.900. The minimum absolute atomic E-state index is 0.0964.